The second-order valence-electron chi connectivity index (χ2n) is 5.37. The van der Waals surface area contributed by atoms with Crippen LogP contribution in [0.3, 0.4) is 0 Å². The largest absolute Gasteiger partial charge is 0.328 e. The van der Waals surface area contributed by atoms with Crippen molar-refractivity contribution in [1.29, 1.82) is 0 Å². The van der Waals surface area contributed by atoms with Crippen molar-refractivity contribution < 1.29 is 0 Å². The molecule has 1 aromatic heterocycles. The molecule has 2 aromatic rings. The van der Waals surface area contributed by atoms with E-state index in [9.17, 15) is 0 Å². The average Bonchev–Trinajstić information content (AvgIpc) is 2.66. The van der Waals surface area contributed by atoms with E-state index in [-0.39, 0.29) is 6.04 Å². The molecule has 1 heterocycles. The van der Waals surface area contributed by atoms with E-state index in [2.05, 4.69) is 25.9 Å². The maximum absolute atomic E-state index is 6.16. The van der Waals surface area contributed by atoms with Gasteiger partial charge in [0, 0.05) is 16.8 Å². The lowest BCUT2D eigenvalue weighted by atomic mass is 10.1. The van der Waals surface area contributed by atoms with Gasteiger partial charge in [-0.3, -0.25) is 0 Å². The first-order valence-electron chi connectivity index (χ1n) is 7.03. The molecule has 0 amide bonds. The average molecular weight is 292 g/mol. The van der Waals surface area contributed by atoms with Gasteiger partial charge >= 0.3 is 0 Å². The van der Waals surface area contributed by atoms with Gasteiger partial charge in [0.2, 0.25) is 0 Å². The van der Waals surface area contributed by atoms with Crippen LogP contribution in [-0.2, 0) is 12.8 Å². The molecular formula is C16H22ClN3. The van der Waals surface area contributed by atoms with Crippen molar-refractivity contribution >= 4 is 11.6 Å². The molecule has 0 aliphatic rings. The zero-order valence-electron chi connectivity index (χ0n) is 12.6. The number of nitrogens with zero attached hydrogens (tertiary/aromatic N) is 2. The molecule has 0 saturated carbocycles. The van der Waals surface area contributed by atoms with E-state index >= 15 is 0 Å². The van der Waals surface area contributed by atoms with Gasteiger partial charge < -0.3 is 5.73 Å². The molecular weight excluding hydrogens is 270 g/mol. The topological polar surface area (TPSA) is 43.8 Å². The lowest BCUT2D eigenvalue weighted by Gasteiger charge is -2.14. The summed E-state index contributed by atoms with van der Waals surface area (Å²) in [7, 11) is 0. The van der Waals surface area contributed by atoms with E-state index in [0.717, 1.165) is 29.2 Å². The minimum absolute atomic E-state index is 0.109. The Balaban J connectivity index is 2.59. The highest BCUT2D eigenvalue weighted by Crippen LogP contribution is 2.25. The van der Waals surface area contributed by atoms with Crippen molar-refractivity contribution in [2.45, 2.75) is 46.6 Å². The van der Waals surface area contributed by atoms with Gasteiger partial charge in [-0.05, 0) is 56.9 Å². The van der Waals surface area contributed by atoms with E-state index in [4.69, 9.17) is 17.3 Å². The third kappa shape index (κ3) is 2.89. The number of aryl methyl sites for hydroxylation is 1. The summed E-state index contributed by atoms with van der Waals surface area (Å²) < 4.78 is 2.00. The monoisotopic (exact) mass is 291 g/mol. The molecule has 108 valence electrons. The molecule has 0 bridgehead atoms. The number of benzene rings is 1. The van der Waals surface area contributed by atoms with Gasteiger partial charge in [0.1, 0.15) is 0 Å². The Hall–Kier alpha value is -1.32. The van der Waals surface area contributed by atoms with Crippen LogP contribution < -0.4 is 5.73 Å². The molecule has 0 saturated heterocycles. The van der Waals surface area contributed by atoms with Gasteiger partial charge in [-0.15, -0.1) is 0 Å². The maximum atomic E-state index is 6.16. The SMILES string of the molecule is CCc1c(C)nn(-c2cc(Cl)ccc2CC(C)N)c1C. The molecule has 0 spiro atoms. The number of hydrogen-bond donors (Lipinski definition) is 1. The molecule has 4 heteroatoms. The summed E-state index contributed by atoms with van der Waals surface area (Å²) in [6.45, 7) is 8.33. The van der Waals surface area contributed by atoms with E-state index in [1.165, 1.54) is 16.8 Å². The van der Waals surface area contributed by atoms with Crippen LogP contribution in [0.5, 0.6) is 0 Å². The molecule has 2 N–H and O–H groups in total. The Morgan fingerprint density at radius 2 is 2.05 bits per heavy atom. The highest BCUT2D eigenvalue weighted by molar-refractivity contribution is 6.30. The van der Waals surface area contributed by atoms with Crippen molar-refractivity contribution in [3.63, 3.8) is 0 Å². The minimum Gasteiger partial charge on any atom is -0.328 e. The lowest BCUT2D eigenvalue weighted by Crippen LogP contribution is -2.19. The quantitative estimate of drug-likeness (QED) is 0.935. The highest BCUT2D eigenvalue weighted by Gasteiger charge is 2.15. The summed E-state index contributed by atoms with van der Waals surface area (Å²) in [4.78, 5) is 0. The molecule has 2 rings (SSSR count). The summed E-state index contributed by atoms with van der Waals surface area (Å²) in [5.74, 6) is 0. The van der Waals surface area contributed by atoms with Crippen molar-refractivity contribution in [3.8, 4) is 5.69 Å². The van der Waals surface area contributed by atoms with Gasteiger partial charge in [0.15, 0.2) is 0 Å². The summed E-state index contributed by atoms with van der Waals surface area (Å²) in [5.41, 5.74) is 11.7. The van der Waals surface area contributed by atoms with Crippen LogP contribution in [0.15, 0.2) is 18.2 Å². The van der Waals surface area contributed by atoms with E-state index in [1.54, 1.807) is 0 Å². The standard InChI is InChI=1S/C16H22ClN3/c1-5-15-11(3)19-20(12(15)4)16-9-14(17)7-6-13(16)8-10(2)18/h6-7,9-10H,5,8,18H2,1-4H3. The molecule has 1 atom stereocenters. The van der Waals surface area contributed by atoms with Crippen LogP contribution >= 0.6 is 11.6 Å². The van der Waals surface area contributed by atoms with Crippen molar-refractivity contribution in [2.75, 3.05) is 0 Å². The predicted octanol–water partition coefficient (Wildman–Crippen LogP) is 3.59. The number of hydrogen-bond acceptors (Lipinski definition) is 2. The molecule has 0 aliphatic heterocycles. The van der Waals surface area contributed by atoms with Gasteiger partial charge in [-0.25, -0.2) is 4.68 Å². The first-order valence-corrected chi connectivity index (χ1v) is 7.41. The smallest absolute Gasteiger partial charge is 0.0696 e. The predicted molar refractivity (Wildman–Crippen MR) is 84.8 cm³/mol. The van der Waals surface area contributed by atoms with Crippen molar-refractivity contribution in [2.24, 2.45) is 5.73 Å². The normalized spacial score (nSPS) is 12.7. The first kappa shape index (κ1) is 15.1. The molecule has 3 nitrogen and oxygen atoms in total. The summed E-state index contributed by atoms with van der Waals surface area (Å²) in [6, 6.07) is 6.04. The molecule has 0 fully saturated rings. The maximum Gasteiger partial charge on any atom is 0.0696 e. The van der Waals surface area contributed by atoms with E-state index in [0.29, 0.717) is 0 Å². The fourth-order valence-electron chi connectivity index (χ4n) is 2.67. The second kappa shape index (κ2) is 5.98. The zero-order valence-corrected chi connectivity index (χ0v) is 13.3. The lowest BCUT2D eigenvalue weighted by molar-refractivity contribution is 0.724. The first-order chi connectivity index (χ1) is 9.43. The van der Waals surface area contributed by atoms with E-state index in [1.807, 2.05) is 29.8 Å². The molecule has 1 unspecified atom stereocenters. The Bertz CT molecular complexity index is 614. The Labute approximate surface area is 125 Å². The fraction of sp³-hybridized carbons (Fsp3) is 0.438. The van der Waals surface area contributed by atoms with Gasteiger partial charge in [0.25, 0.3) is 0 Å². The second-order valence-corrected chi connectivity index (χ2v) is 5.81. The van der Waals surface area contributed by atoms with Crippen LogP contribution in [0, 0.1) is 13.8 Å². The van der Waals surface area contributed by atoms with Crippen LogP contribution in [0.4, 0.5) is 0 Å². The van der Waals surface area contributed by atoms with Crippen LogP contribution in [0.25, 0.3) is 5.69 Å². The zero-order chi connectivity index (χ0) is 14.9. The van der Waals surface area contributed by atoms with Crippen molar-refractivity contribution in [1.82, 2.24) is 9.78 Å². The third-order valence-corrected chi connectivity index (χ3v) is 3.85. The van der Waals surface area contributed by atoms with Gasteiger partial charge in [0.05, 0.1) is 11.4 Å². The number of aromatic nitrogens is 2. The molecule has 20 heavy (non-hydrogen) atoms. The Morgan fingerprint density at radius 3 is 2.60 bits per heavy atom. The fourth-order valence-corrected chi connectivity index (χ4v) is 2.84. The number of rotatable bonds is 4. The van der Waals surface area contributed by atoms with Crippen LogP contribution in [0.2, 0.25) is 5.02 Å². The number of halogens is 1. The molecule has 0 radical (unpaired) electrons. The summed E-state index contributed by atoms with van der Waals surface area (Å²) in [6.07, 6.45) is 1.80. The van der Waals surface area contributed by atoms with Crippen molar-refractivity contribution in [3.05, 3.63) is 45.7 Å². The van der Waals surface area contributed by atoms with Crippen LogP contribution in [0.1, 0.15) is 36.4 Å². The van der Waals surface area contributed by atoms with Crippen LogP contribution in [-0.4, -0.2) is 15.8 Å². The van der Waals surface area contributed by atoms with Gasteiger partial charge in [-0.1, -0.05) is 24.6 Å². The number of nitrogens with two attached hydrogens (primary N) is 1. The van der Waals surface area contributed by atoms with Gasteiger partial charge in [-0.2, -0.15) is 5.10 Å². The molecule has 1 aromatic carbocycles. The summed E-state index contributed by atoms with van der Waals surface area (Å²) >= 11 is 6.16. The Morgan fingerprint density at radius 1 is 1.35 bits per heavy atom. The summed E-state index contributed by atoms with van der Waals surface area (Å²) in [5, 5.41) is 5.40. The third-order valence-electron chi connectivity index (χ3n) is 3.61. The Kier molecular flexibility index (Phi) is 4.51. The minimum atomic E-state index is 0.109. The van der Waals surface area contributed by atoms with E-state index < -0.39 is 0 Å². The highest BCUT2D eigenvalue weighted by atomic mass is 35.5. The molecule has 0 aliphatic carbocycles.